The van der Waals surface area contributed by atoms with Crippen molar-refractivity contribution in [3.05, 3.63) is 0 Å². The van der Waals surface area contributed by atoms with Crippen LogP contribution in [-0.2, 0) is 13.8 Å². The molecule has 0 aromatic carbocycles. The predicted molar refractivity (Wildman–Crippen MR) is 38.2 cm³/mol. The Kier molecular flexibility index (Phi) is 4.91. The van der Waals surface area contributed by atoms with Gasteiger partial charge in [0.1, 0.15) is 0 Å². The van der Waals surface area contributed by atoms with Crippen LogP contribution in [0.2, 0.25) is 0 Å². The van der Waals surface area contributed by atoms with Crippen molar-refractivity contribution in [2.75, 3.05) is 26.5 Å². The van der Waals surface area contributed by atoms with Crippen molar-refractivity contribution in [3.8, 4) is 0 Å². The van der Waals surface area contributed by atoms with Gasteiger partial charge in [0.2, 0.25) is 0 Å². The minimum atomic E-state index is -3.33. The molecule has 1 N–H and O–H groups in total. The van der Waals surface area contributed by atoms with Crippen LogP contribution < -0.4 is 0 Å². The molecule has 0 spiro atoms. The monoisotopic (exact) mass is 168 g/mol. The number of methoxy groups -OCH3 is 1. The first kappa shape index (κ1) is 10.1. The van der Waals surface area contributed by atoms with E-state index in [1.54, 1.807) is 6.92 Å². The van der Waals surface area contributed by atoms with E-state index in [0.717, 1.165) is 0 Å². The SMILES string of the molecule is CCOP(=O)(O)CCOC. The predicted octanol–water partition coefficient (Wildman–Crippen LogP) is 0.855. The Balaban J connectivity index is 3.53. The lowest BCUT2D eigenvalue weighted by molar-refractivity contribution is 0.203. The molecule has 10 heavy (non-hydrogen) atoms. The van der Waals surface area contributed by atoms with Gasteiger partial charge in [-0.2, -0.15) is 0 Å². The van der Waals surface area contributed by atoms with Crippen LogP contribution >= 0.6 is 7.60 Å². The maximum absolute atomic E-state index is 10.8. The van der Waals surface area contributed by atoms with E-state index in [0.29, 0.717) is 0 Å². The molecule has 0 rings (SSSR count). The normalized spacial score (nSPS) is 16.7. The molecule has 0 heterocycles. The number of hydrogen-bond acceptors (Lipinski definition) is 3. The topological polar surface area (TPSA) is 55.8 Å². The van der Waals surface area contributed by atoms with Crippen molar-refractivity contribution < 1.29 is 18.7 Å². The first-order valence-electron chi connectivity index (χ1n) is 3.07. The molecule has 0 aliphatic heterocycles. The lowest BCUT2D eigenvalue weighted by Gasteiger charge is -2.08. The second-order valence-corrected chi connectivity index (χ2v) is 3.75. The van der Waals surface area contributed by atoms with Gasteiger partial charge in [-0.3, -0.25) is 4.57 Å². The van der Waals surface area contributed by atoms with Gasteiger partial charge in [-0.1, -0.05) is 0 Å². The van der Waals surface area contributed by atoms with E-state index in [4.69, 9.17) is 4.89 Å². The maximum atomic E-state index is 10.8. The van der Waals surface area contributed by atoms with Gasteiger partial charge in [-0.15, -0.1) is 0 Å². The second kappa shape index (κ2) is 4.85. The summed E-state index contributed by atoms with van der Waals surface area (Å²) in [5, 5.41) is 0. The van der Waals surface area contributed by atoms with Gasteiger partial charge in [0.15, 0.2) is 0 Å². The molecular weight excluding hydrogens is 155 g/mol. The third kappa shape index (κ3) is 4.94. The fourth-order valence-corrected chi connectivity index (χ4v) is 1.42. The highest BCUT2D eigenvalue weighted by molar-refractivity contribution is 7.52. The van der Waals surface area contributed by atoms with E-state index in [2.05, 4.69) is 9.26 Å². The molecule has 0 saturated heterocycles. The highest BCUT2D eigenvalue weighted by Gasteiger charge is 2.16. The molecule has 0 bridgehead atoms. The molecule has 1 atom stereocenters. The van der Waals surface area contributed by atoms with Crippen LogP contribution in [0, 0.1) is 0 Å². The Bertz CT molecular complexity index is 125. The molecule has 0 aromatic rings. The molecular formula is C5H13O4P. The molecule has 62 valence electrons. The average Bonchev–Trinajstić information content (AvgIpc) is 1.84. The van der Waals surface area contributed by atoms with Gasteiger partial charge in [-0.25, -0.2) is 0 Å². The van der Waals surface area contributed by atoms with Crippen LogP contribution in [0.4, 0.5) is 0 Å². The zero-order valence-corrected chi connectivity index (χ0v) is 7.13. The molecule has 0 aliphatic rings. The van der Waals surface area contributed by atoms with Crippen LogP contribution in [0.25, 0.3) is 0 Å². The molecule has 1 unspecified atom stereocenters. The number of hydrogen-bond donors (Lipinski definition) is 1. The van der Waals surface area contributed by atoms with Crippen LogP contribution in [0.5, 0.6) is 0 Å². The molecule has 0 saturated carbocycles. The molecule has 5 heteroatoms. The van der Waals surface area contributed by atoms with Crippen molar-refractivity contribution in [3.63, 3.8) is 0 Å². The van der Waals surface area contributed by atoms with Crippen LogP contribution in [0.3, 0.4) is 0 Å². The second-order valence-electron chi connectivity index (χ2n) is 1.77. The van der Waals surface area contributed by atoms with Gasteiger partial charge in [0.05, 0.1) is 19.4 Å². The van der Waals surface area contributed by atoms with Crippen molar-refractivity contribution in [1.29, 1.82) is 0 Å². The fraction of sp³-hybridized carbons (Fsp3) is 1.00. The maximum Gasteiger partial charge on any atom is 0.330 e. The van der Waals surface area contributed by atoms with Crippen LogP contribution in [0.15, 0.2) is 0 Å². The first-order valence-corrected chi connectivity index (χ1v) is 4.84. The molecule has 0 fully saturated rings. The van der Waals surface area contributed by atoms with Gasteiger partial charge in [-0.05, 0) is 6.92 Å². The minimum Gasteiger partial charge on any atom is -0.384 e. The summed E-state index contributed by atoms with van der Waals surface area (Å²) in [6.45, 7) is 2.20. The van der Waals surface area contributed by atoms with E-state index in [-0.39, 0.29) is 19.4 Å². The third-order valence-electron chi connectivity index (χ3n) is 0.909. The minimum absolute atomic E-state index is 0.0668. The zero-order chi connectivity index (χ0) is 8.04. The Morgan fingerprint density at radius 3 is 2.60 bits per heavy atom. The lowest BCUT2D eigenvalue weighted by Crippen LogP contribution is -2.00. The number of rotatable bonds is 5. The van der Waals surface area contributed by atoms with Crippen molar-refractivity contribution in [2.24, 2.45) is 0 Å². The van der Waals surface area contributed by atoms with Crippen molar-refractivity contribution >= 4 is 7.60 Å². The summed E-state index contributed by atoms with van der Waals surface area (Å²) < 4.78 is 20.0. The van der Waals surface area contributed by atoms with Gasteiger partial charge >= 0.3 is 7.60 Å². The standard InChI is InChI=1S/C5H13O4P/c1-3-9-10(6,7)5-4-8-2/h3-5H2,1-2H3,(H,6,7). The molecule has 0 aromatic heterocycles. The average molecular weight is 168 g/mol. The van der Waals surface area contributed by atoms with Gasteiger partial charge in [0.25, 0.3) is 0 Å². The highest BCUT2D eigenvalue weighted by Crippen LogP contribution is 2.40. The summed E-state index contributed by atoms with van der Waals surface area (Å²) in [5.41, 5.74) is 0. The Labute approximate surface area is 60.7 Å². The van der Waals surface area contributed by atoms with Crippen LogP contribution in [0.1, 0.15) is 6.92 Å². The van der Waals surface area contributed by atoms with Gasteiger partial charge in [0, 0.05) is 7.11 Å². The molecule has 0 radical (unpaired) electrons. The van der Waals surface area contributed by atoms with Crippen molar-refractivity contribution in [1.82, 2.24) is 0 Å². The Morgan fingerprint density at radius 1 is 1.60 bits per heavy atom. The summed E-state index contributed by atoms with van der Waals surface area (Å²) in [6, 6.07) is 0. The van der Waals surface area contributed by atoms with E-state index < -0.39 is 7.60 Å². The van der Waals surface area contributed by atoms with E-state index in [9.17, 15) is 4.57 Å². The van der Waals surface area contributed by atoms with E-state index >= 15 is 0 Å². The van der Waals surface area contributed by atoms with Gasteiger partial charge < -0.3 is 14.2 Å². The molecule has 0 amide bonds. The fourth-order valence-electron chi connectivity index (χ4n) is 0.473. The zero-order valence-electron chi connectivity index (χ0n) is 6.24. The summed E-state index contributed by atoms with van der Waals surface area (Å²) in [6.07, 6.45) is 0.0668. The van der Waals surface area contributed by atoms with Crippen LogP contribution in [-0.4, -0.2) is 31.4 Å². The quantitative estimate of drug-likeness (QED) is 0.618. The third-order valence-corrected chi connectivity index (χ3v) is 2.32. The largest absolute Gasteiger partial charge is 0.384 e. The van der Waals surface area contributed by atoms with E-state index in [1.165, 1.54) is 7.11 Å². The lowest BCUT2D eigenvalue weighted by atomic mass is 10.9. The van der Waals surface area contributed by atoms with Crippen molar-refractivity contribution in [2.45, 2.75) is 6.92 Å². The molecule has 4 nitrogen and oxygen atoms in total. The Hall–Kier alpha value is 0.110. The summed E-state index contributed by atoms with van der Waals surface area (Å²) >= 11 is 0. The molecule has 0 aliphatic carbocycles. The Morgan fingerprint density at radius 2 is 2.20 bits per heavy atom. The summed E-state index contributed by atoms with van der Waals surface area (Å²) in [5.74, 6) is 0. The summed E-state index contributed by atoms with van der Waals surface area (Å²) in [7, 11) is -1.86. The van der Waals surface area contributed by atoms with E-state index in [1.807, 2.05) is 0 Å². The first-order chi connectivity index (χ1) is 4.62. The summed E-state index contributed by atoms with van der Waals surface area (Å²) in [4.78, 5) is 8.90. The number of ether oxygens (including phenoxy) is 1. The highest BCUT2D eigenvalue weighted by atomic mass is 31.2. The smallest absolute Gasteiger partial charge is 0.330 e.